The molecule has 1 aromatic rings. The Bertz CT molecular complexity index is 271. The molecule has 0 heterocycles. The standard InChI is InChI=1S/C8H9NO2/c1-11-8-3-2-7(9)4-6(8)5-10/h2-5H,9H2,1H3. The molecular formula is C8H9NO2. The number of anilines is 1. The highest BCUT2D eigenvalue weighted by Crippen LogP contribution is 2.18. The first-order valence-electron chi connectivity index (χ1n) is 3.16. The number of nitrogens with two attached hydrogens (primary N) is 1. The van der Waals surface area contributed by atoms with E-state index in [2.05, 4.69) is 0 Å². The number of carbonyl (C=O) groups excluding carboxylic acids is 1. The minimum Gasteiger partial charge on any atom is -0.496 e. The Morgan fingerprint density at radius 3 is 2.82 bits per heavy atom. The molecule has 0 radical (unpaired) electrons. The molecule has 1 rings (SSSR count). The zero-order chi connectivity index (χ0) is 8.27. The fourth-order valence-corrected chi connectivity index (χ4v) is 0.845. The molecule has 0 atom stereocenters. The lowest BCUT2D eigenvalue weighted by molar-refractivity contribution is 0.112. The van der Waals surface area contributed by atoms with Gasteiger partial charge in [0, 0.05) is 5.69 Å². The van der Waals surface area contributed by atoms with Crippen LogP contribution < -0.4 is 10.5 Å². The molecule has 0 unspecified atom stereocenters. The van der Waals surface area contributed by atoms with Crippen molar-refractivity contribution in [2.24, 2.45) is 0 Å². The minimum atomic E-state index is 0.479. The van der Waals surface area contributed by atoms with Gasteiger partial charge < -0.3 is 10.5 Å². The van der Waals surface area contributed by atoms with E-state index in [-0.39, 0.29) is 0 Å². The van der Waals surface area contributed by atoms with Crippen LogP contribution in [0.1, 0.15) is 10.4 Å². The molecule has 3 nitrogen and oxygen atoms in total. The topological polar surface area (TPSA) is 52.3 Å². The molecule has 0 aliphatic carbocycles. The SMILES string of the molecule is COc1ccc(N)cc1C=O. The summed E-state index contributed by atoms with van der Waals surface area (Å²) in [4.78, 5) is 10.4. The van der Waals surface area contributed by atoms with Crippen molar-refractivity contribution in [3.05, 3.63) is 23.8 Å². The smallest absolute Gasteiger partial charge is 0.153 e. The van der Waals surface area contributed by atoms with Crippen LogP contribution in [0.4, 0.5) is 5.69 Å². The summed E-state index contributed by atoms with van der Waals surface area (Å²) in [5, 5.41) is 0. The molecule has 0 saturated carbocycles. The van der Waals surface area contributed by atoms with Gasteiger partial charge in [-0.1, -0.05) is 0 Å². The van der Waals surface area contributed by atoms with Crippen LogP contribution in [0.15, 0.2) is 18.2 Å². The Balaban J connectivity index is 3.16. The summed E-state index contributed by atoms with van der Waals surface area (Å²) in [6, 6.07) is 4.93. The van der Waals surface area contributed by atoms with Crippen LogP contribution in [-0.2, 0) is 0 Å². The van der Waals surface area contributed by atoms with Gasteiger partial charge in [-0.05, 0) is 18.2 Å². The Hall–Kier alpha value is -1.51. The summed E-state index contributed by atoms with van der Waals surface area (Å²) in [7, 11) is 1.51. The lowest BCUT2D eigenvalue weighted by Gasteiger charge is -2.02. The first-order chi connectivity index (χ1) is 5.27. The van der Waals surface area contributed by atoms with Gasteiger partial charge in [-0.15, -0.1) is 0 Å². The van der Waals surface area contributed by atoms with Crippen molar-refractivity contribution in [1.82, 2.24) is 0 Å². The molecule has 0 bridgehead atoms. The maximum atomic E-state index is 10.4. The molecule has 11 heavy (non-hydrogen) atoms. The van der Waals surface area contributed by atoms with Crippen LogP contribution in [0.3, 0.4) is 0 Å². The first kappa shape index (κ1) is 7.60. The minimum absolute atomic E-state index is 0.479. The third-order valence-corrected chi connectivity index (χ3v) is 1.38. The normalized spacial score (nSPS) is 9.18. The Kier molecular flexibility index (Phi) is 2.11. The summed E-state index contributed by atoms with van der Waals surface area (Å²) in [6.45, 7) is 0. The number of aldehydes is 1. The van der Waals surface area contributed by atoms with E-state index in [1.54, 1.807) is 18.2 Å². The number of carbonyl (C=O) groups is 1. The quantitative estimate of drug-likeness (QED) is 0.508. The van der Waals surface area contributed by atoms with Gasteiger partial charge >= 0.3 is 0 Å². The largest absolute Gasteiger partial charge is 0.496 e. The molecule has 58 valence electrons. The molecule has 0 aliphatic heterocycles. The highest BCUT2D eigenvalue weighted by atomic mass is 16.5. The van der Waals surface area contributed by atoms with E-state index in [9.17, 15) is 4.79 Å². The number of rotatable bonds is 2. The van der Waals surface area contributed by atoms with Crippen molar-refractivity contribution >= 4 is 12.0 Å². The van der Waals surface area contributed by atoms with Crippen molar-refractivity contribution in [3.63, 3.8) is 0 Å². The maximum absolute atomic E-state index is 10.4. The van der Waals surface area contributed by atoms with E-state index in [0.717, 1.165) is 6.29 Å². The van der Waals surface area contributed by atoms with Gasteiger partial charge in [0.25, 0.3) is 0 Å². The number of ether oxygens (including phenoxy) is 1. The third kappa shape index (κ3) is 1.49. The molecule has 0 spiro atoms. The molecule has 2 N–H and O–H groups in total. The number of hydrogen-bond donors (Lipinski definition) is 1. The van der Waals surface area contributed by atoms with E-state index in [0.29, 0.717) is 17.0 Å². The molecule has 3 heteroatoms. The predicted octanol–water partition coefficient (Wildman–Crippen LogP) is 1.09. The summed E-state index contributed by atoms with van der Waals surface area (Å²) in [5.41, 5.74) is 6.49. The lowest BCUT2D eigenvalue weighted by atomic mass is 10.2. The molecule has 0 aliphatic rings. The van der Waals surface area contributed by atoms with Gasteiger partial charge in [0.2, 0.25) is 0 Å². The monoisotopic (exact) mass is 151 g/mol. The van der Waals surface area contributed by atoms with Crippen LogP contribution in [0.25, 0.3) is 0 Å². The molecule has 0 fully saturated rings. The number of methoxy groups -OCH3 is 1. The lowest BCUT2D eigenvalue weighted by Crippen LogP contribution is -1.92. The van der Waals surface area contributed by atoms with Crippen LogP contribution in [0, 0.1) is 0 Å². The summed E-state index contributed by atoms with van der Waals surface area (Å²) < 4.78 is 4.90. The Labute approximate surface area is 64.8 Å². The highest BCUT2D eigenvalue weighted by Gasteiger charge is 1.99. The fourth-order valence-electron chi connectivity index (χ4n) is 0.845. The summed E-state index contributed by atoms with van der Waals surface area (Å²) >= 11 is 0. The van der Waals surface area contributed by atoms with Gasteiger partial charge in [0.05, 0.1) is 12.7 Å². The zero-order valence-corrected chi connectivity index (χ0v) is 6.20. The fraction of sp³-hybridized carbons (Fsp3) is 0.125. The average molecular weight is 151 g/mol. The van der Waals surface area contributed by atoms with E-state index in [4.69, 9.17) is 10.5 Å². The van der Waals surface area contributed by atoms with Gasteiger partial charge in [-0.2, -0.15) is 0 Å². The number of nitrogen functional groups attached to an aromatic ring is 1. The average Bonchev–Trinajstić information content (AvgIpc) is 2.04. The predicted molar refractivity (Wildman–Crippen MR) is 42.8 cm³/mol. The first-order valence-corrected chi connectivity index (χ1v) is 3.16. The summed E-state index contributed by atoms with van der Waals surface area (Å²) in [5.74, 6) is 0.550. The van der Waals surface area contributed by atoms with Crippen molar-refractivity contribution in [2.75, 3.05) is 12.8 Å². The van der Waals surface area contributed by atoms with Crippen molar-refractivity contribution in [2.45, 2.75) is 0 Å². The van der Waals surface area contributed by atoms with E-state index in [1.807, 2.05) is 0 Å². The molecule has 0 saturated heterocycles. The second-order valence-corrected chi connectivity index (χ2v) is 2.12. The van der Waals surface area contributed by atoms with E-state index in [1.165, 1.54) is 7.11 Å². The van der Waals surface area contributed by atoms with Crippen LogP contribution in [0.5, 0.6) is 5.75 Å². The number of benzene rings is 1. The van der Waals surface area contributed by atoms with Crippen LogP contribution in [-0.4, -0.2) is 13.4 Å². The van der Waals surface area contributed by atoms with Gasteiger partial charge in [0.1, 0.15) is 5.75 Å². The van der Waals surface area contributed by atoms with Crippen molar-refractivity contribution < 1.29 is 9.53 Å². The molecule has 0 aromatic heterocycles. The van der Waals surface area contributed by atoms with Gasteiger partial charge in [0.15, 0.2) is 6.29 Å². The van der Waals surface area contributed by atoms with Crippen molar-refractivity contribution in [1.29, 1.82) is 0 Å². The Morgan fingerprint density at radius 2 is 2.27 bits per heavy atom. The Morgan fingerprint density at radius 1 is 1.55 bits per heavy atom. The van der Waals surface area contributed by atoms with Crippen LogP contribution >= 0.6 is 0 Å². The van der Waals surface area contributed by atoms with Crippen molar-refractivity contribution in [3.8, 4) is 5.75 Å². The third-order valence-electron chi connectivity index (χ3n) is 1.38. The molecule has 0 amide bonds. The number of hydrogen-bond acceptors (Lipinski definition) is 3. The molecular weight excluding hydrogens is 142 g/mol. The molecule has 1 aromatic carbocycles. The van der Waals surface area contributed by atoms with Gasteiger partial charge in [-0.3, -0.25) is 4.79 Å². The second-order valence-electron chi connectivity index (χ2n) is 2.12. The van der Waals surface area contributed by atoms with E-state index >= 15 is 0 Å². The second kappa shape index (κ2) is 3.05. The van der Waals surface area contributed by atoms with Crippen LogP contribution in [0.2, 0.25) is 0 Å². The highest BCUT2D eigenvalue weighted by molar-refractivity contribution is 5.81. The zero-order valence-electron chi connectivity index (χ0n) is 6.20. The van der Waals surface area contributed by atoms with Gasteiger partial charge in [-0.25, -0.2) is 0 Å². The van der Waals surface area contributed by atoms with E-state index < -0.39 is 0 Å². The maximum Gasteiger partial charge on any atom is 0.153 e. The summed E-state index contributed by atoms with van der Waals surface area (Å²) in [6.07, 6.45) is 0.717.